The third-order valence-electron chi connectivity index (χ3n) is 6.65. The molecule has 3 N–H and O–H groups in total. The Kier molecular flexibility index (Phi) is 6.84. The molecule has 168 valence electrons. The van der Waals surface area contributed by atoms with Gasteiger partial charge in [0.25, 0.3) is 10.9 Å². The third kappa shape index (κ3) is 4.59. The first kappa shape index (κ1) is 22.5. The number of nitrogens with one attached hydrogen (secondary N) is 2. The van der Waals surface area contributed by atoms with Crippen LogP contribution in [0.2, 0.25) is 5.02 Å². The zero-order valence-electron chi connectivity index (χ0n) is 18.0. The van der Waals surface area contributed by atoms with E-state index in [1.54, 1.807) is 12.1 Å². The minimum atomic E-state index is -0.547. The Morgan fingerprint density at radius 1 is 1.00 bits per heavy atom. The molecule has 0 bridgehead atoms. The summed E-state index contributed by atoms with van der Waals surface area (Å²) < 4.78 is 1.82. The van der Waals surface area contributed by atoms with Gasteiger partial charge >= 0.3 is 0 Å². The Labute approximate surface area is 192 Å². The predicted molar refractivity (Wildman–Crippen MR) is 129 cm³/mol. The molecule has 8 heteroatoms. The number of anilines is 3. The molecule has 2 fully saturated rings. The van der Waals surface area contributed by atoms with Gasteiger partial charge in [0.1, 0.15) is 11.4 Å². The van der Waals surface area contributed by atoms with Gasteiger partial charge in [0.2, 0.25) is 0 Å². The number of phenolic OH excluding ortho intramolecular Hbond substituents is 1. The van der Waals surface area contributed by atoms with E-state index in [9.17, 15) is 14.7 Å². The van der Waals surface area contributed by atoms with Crippen molar-refractivity contribution >= 4 is 40.6 Å². The first-order valence-corrected chi connectivity index (χ1v) is 12.3. The fourth-order valence-corrected chi connectivity index (χ4v) is 5.75. The van der Waals surface area contributed by atoms with Gasteiger partial charge in [-0.2, -0.15) is 0 Å². The van der Waals surface area contributed by atoms with Crippen LogP contribution in [-0.4, -0.2) is 29.5 Å². The number of benzene rings is 1. The predicted octanol–water partition coefficient (Wildman–Crippen LogP) is 5.11. The van der Waals surface area contributed by atoms with Gasteiger partial charge < -0.3 is 15.7 Å². The molecule has 0 saturated heterocycles. The Hall–Kier alpha value is -1.70. The summed E-state index contributed by atoms with van der Waals surface area (Å²) in [5.41, 5.74) is -0.0532. The van der Waals surface area contributed by atoms with Gasteiger partial charge in [-0.05, 0) is 75.7 Å². The molecule has 0 aliphatic heterocycles. The number of halogens is 1. The van der Waals surface area contributed by atoms with Crippen molar-refractivity contribution in [2.45, 2.75) is 62.3 Å². The van der Waals surface area contributed by atoms with Crippen molar-refractivity contribution in [1.82, 2.24) is 4.31 Å². The van der Waals surface area contributed by atoms with Crippen molar-refractivity contribution < 1.29 is 5.11 Å². The number of hydrogen-bond donors (Lipinski definition) is 3. The van der Waals surface area contributed by atoms with Crippen LogP contribution in [0, 0.1) is 11.8 Å². The molecular weight excluding hydrogens is 434 g/mol. The van der Waals surface area contributed by atoms with Crippen molar-refractivity contribution in [1.29, 1.82) is 0 Å². The highest BCUT2D eigenvalue weighted by Gasteiger charge is 2.36. The highest BCUT2D eigenvalue weighted by Crippen LogP contribution is 2.43. The maximum absolute atomic E-state index is 12.5. The number of phenols is 1. The second kappa shape index (κ2) is 9.43. The van der Waals surface area contributed by atoms with Crippen LogP contribution in [-0.2, 0) is 0 Å². The summed E-state index contributed by atoms with van der Waals surface area (Å²) in [6.07, 6.45) is 9.69. The summed E-state index contributed by atoms with van der Waals surface area (Å²) in [5, 5.41) is 17.6. The molecule has 2 aliphatic carbocycles. The van der Waals surface area contributed by atoms with Crippen LogP contribution in [0.5, 0.6) is 5.75 Å². The Morgan fingerprint density at radius 3 is 2.19 bits per heavy atom. The molecule has 31 heavy (non-hydrogen) atoms. The van der Waals surface area contributed by atoms with E-state index in [0.717, 1.165) is 0 Å². The average Bonchev–Trinajstić information content (AvgIpc) is 2.72. The number of nitrogens with zero attached hydrogens (tertiary/aromatic N) is 1. The fourth-order valence-electron chi connectivity index (χ4n) is 4.78. The quantitative estimate of drug-likeness (QED) is 0.285. The van der Waals surface area contributed by atoms with Crippen LogP contribution in [0.3, 0.4) is 0 Å². The molecule has 0 amide bonds. The molecule has 0 heterocycles. The molecule has 2 aromatic rings. The van der Waals surface area contributed by atoms with Crippen molar-refractivity contribution in [3.8, 4) is 5.75 Å². The van der Waals surface area contributed by atoms with E-state index in [1.165, 1.54) is 63.3 Å². The van der Waals surface area contributed by atoms with E-state index in [2.05, 4.69) is 10.6 Å². The molecule has 2 aromatic carbocycles. The molecule has 0 aromatic heterocycles. The molecule has 6 nitrogen and oxygen atoms in total. The molecular formula is C23H30ClN3O3S. The van der Waals surface area contributed by atoms with Gasteiger partial charge in [-0.15, -0.1) is 0 Å². The fraction of sp³-hybridized carbons (Fsp3) is 0.565. The van der Waals surface area contributed by atoms with E-state index in [4.69, 9.17) is 11.6 Å². The molecule has 1 unspecified atom stereocenters. The van der Waals surface area contributed by atoms with E-state index >= 15 is 0 Å². The second-order valence-corrected chi connectivity index (χ2v) is 10.7. The van der Waals surface area contributed by atoms with Gasteiger partial charge in [0.15, 0.2) is 5.75 Å². The van der Waals surface area contributed by atoms with Crippen molar-refractivity contribution in [2.75, 3.05) is 24.7 Å². The maximum Gasteiger partial charge on any atom is 0.253 e. The lowest BCUT2D eigenvalue weighted by Gasteiger charge is -2.41. The number of aromatic hydroxyl groups is 1. The van der Waals surface area contributed by atoms with Crippen LogP contribution < -0.4 is 21.5 Å². The maximum atomic E-state index is 12.5. The van der Waals surface area contributed by atoms with Crippen LogP contribution in [0.4, 0.5) is 17.1 Å². The van der Waals surface area contributed by atoms with Gasteiger partial charge in [-0.3, -0.25) is 13.9 Å². The minimum absolute atomic E-state index is 0.0342. The second-order valence-electron chi connectivity index (χ2n) is 8.97. The van der Waals surface area contributed by atoms with Gasteiger partial charge in [0, 0.05) is 6.04 Å². The minimum Gasteiger partial charge on any atom is -0.505 e. The SMILES string of the molecule is CN(C)Sc1c(Cl)ccc(Nc2c(NC(C3CCCCC3)C3CCC3)c(=O)c2=O)c1O. The summed E-state index contributed by atoms with van der Waals surface area (Å²) in [6, 6.07) is 3.53. The summed E-state index contributed by atoms with van der Waals surface area (Å²) in [4.78, 5) is 25.4. The smallest absolute Gasteiger partial charge is 0.253 e. The monoisotopic (exact) mass is 463 g/mol. The topological polar surface area (TPSA) is 81.7 Å². The molecule has 2 aliphatic rings. The van der Waals surface area contributed by atoms with Gasteiger partial charge in [-0.1, -0.05) is 37.3 Å². The summed E-state index contributed by atoms with van der Waals surface area (Å²) in [7, 11) is 3.70. The van der Waals surface area contributed by atoms with Crippen LogP contribution in [0.1, 0.15) is 51.4 Å². The lowest BCUT2D eigenvalue weighted by atomic mass is 9.71. The summed E-state index contributed by atoms with van der Waals surface area (Å²) in [6.45, 7) is 0. The first-order chi connectivity index (χ1) is 14.9. The van der Waals surface area contributed by atoms with Gasteiger partial charge in [-0.25, -0.2) is 0 Å². The van der Waals surface area contributed by atoms with Crippen LogP contribution in [0.15, 0.2) is 26.6 Å². The Bertz CT molecular complexity index is 1010. The third-order valence-corrected chi connectivity index (χ3v) is 8.04. The lowest BCUT2D eigenvalue weighted by Crippen LogP contribution is -2.45. The molecule has 0 radical (unpaired) electrons. The zero-order chi connectivity index (χ0) is 22.1. The van der Waals surface area contributed by atoms with Crippen molar-refractivity contribution in [2.24, 2.45) is 11.8 Å². The average molecular weight is 464 g/mol. The first-order valence-electron chi connectivity index (χ1n) is 11.1. The molecule has 2 saturated carbocycles. The Morgan fingerprint density at radius 2 is 1.61 bits per heavy atom. The van der Waals surface area contributed by atoms with E-state index in [1.807, 2.05) is 18.4 Å². The molecule has 4 rings (SSSR count). The van der Waals surface area contributed by atoms with E-state index < -0.39 is 10.9 Å². The van der Waals surface area contributed by atoms with Crippen LogP contribution >= 0.6 is 23.5 Å². The highest BCUT2D eigenvalue weighted by atomic mass is 35.5. The van der Waals surface area contributed by atoms with E-state index in [0.29, 0.717) is 33.1 Å². The standard InChI is InChI=1S/C23H30ClN3O3S/c1-27(2)31-23-15(24)11-12-16(20(23)28)25-18-19(22(30)21(18)29)26-17(14-9-6-10-14)13-7-4-3-5-8-13/h11-14,17,25-26,28H,3-10H2,1-2H3. The lowest BCUT2D eigenvalue weighted by molar-refractivity contribution is 0.190. The summed E-state index contributed by atoms with van der Waals surface area (Å²) in [5.74, 6) is 1.07. The van der Waals surface area contributed by atoms with E-state index in [-0.39, 0.29) is 17.5 Å². The van der Waals surface area contributed by atoms with Crippen LogP contribution in [0.25, 0.3) is 0 Å². The largest absolute Gasteiger partial charge is 0.505 e. The number of rotatable bonds is 8. The Balaban J connectivity index is 1.58. The zero-order valence-corrected chi connectivity index (χ0v) is 19.6. The molecule has 0 spiro atoms. The van der Waals surface area contributed by atoms with Crippen molar-refractivity contribution in [3.05, 3.63) is 37.6 Å². The molecule has 1 atom stereocenters. The van der Waals surface area contributed by atoms with Crippen molar-refractivity contribution in [3.63, 3.8) is 0 Å². The summed E-state index contributed by atoms with van der Waals surface area (Å²) >= 11 is 7.53. The highest BCUT2D eigenvalue weighted by molar-refractivity contribution is 7.97. The van der Waals surface area contributed by atoms with Gasteiger partial charge in [0.05, 0.1) is 15.6 Å². The number of hydrogen-bond acceptors (Lipinski definition) is 7. The normalized spacial score (nSPS) is 18.8.